The minimum Gasteiger partial charge on any atom is -0.485 e. The van der Waals surface area contributed by atoms with Crippen molar-refractivity contribution in [3.63, 3.8) is 0 Å². The predicted octanol–water partition coefficient (Wildman–Crippen LogP) is 3.31. The summed E-state index contributed by atoms with van der Waals surface area (Å²) in [7, 11) is 0. The van der Waals surface area contributed by atoms with Crippen molar-refractivity contribution in [1.82, 2.24) is 9.78 Å². The lowest BCUT2D eigenvalue weighted by molar-refractivity contribution is 0.112. The Bertz CT molecular complexity index is 671. The number of carbonyl (C=O) groups is 1. The van der Waals surface area contributed by atoms with Gasteiger partial charge in [-0.15, -0.1) is 11.3 Å². The second-order valence-electron chi connectivity index (χ2n) is 5.42. The molecule has 0 radical (unpaired) electrons. The van der Waals surface area contributed by atoms with Crippen molar-refractivity contribution in [3.05, 3.63) is 17.1 Å². The van der Waals surface area contributed by atoms with Crippen LogP contribution in [0.5, 0.6) is 11.5 Å². The topological polar surface area (TPSA) is 53.4 Å². The second-order valence-corrected chi connectivity index (χ2v) is 6.30. The van der Waals surface area contributed by atoms with Crippen LogP contribution in [0.2, 0.25) is 0 Å². The van der Waals surface area contributed by atoms with Crippen LogP contribution < -0.4 is 9.47 Å². The highest BCUT2D eigenvalue weighted by molar-refractivity contribution is 7.14. The highest BCUT2D eigenvalue weighted by Crippen LogP contribution is 2.46. The molecule has 0 unspecified atom stereocenters. The van der Waals surface area contributed by atoms with Crippen LogP contribution in [-0.2, 0) is 0 Å². The van der Waals surface area contributed by atoms with Gasteiger partial charge < -0.3 is 9.47 Å². The zero-order chi connectivity index (χ0) is 14.2. The molecule has 5 nitrogen and oxygen atoms in total. The first-order valence-electron chi connectivity index (χ1n) is 7.28. The van der Waals surface area contributed by atoms with E-state index in [-0.39, 0.29) is 0 Å². The fourth-order valence-electron chi connectivity index (χ4n) is 3.05. The molecule has 0 atom stereocenters. The minimum atomic E-state index is 0.422. The van der Waals surface area contributed by atoms with Crippen molar-refractivity contribution in [2.45, 2.75) is 31.7 Å². The third-order valence-corrected chi connectivity index (χ3v) is 5.05. The normalized spacial score (nSPS) is 18.1. The van der Waals surface area contributed by atoms with Gasteiger partial charge in [-0.25, -0.2) is 0 Å². The van der Waals surface area contributed by atoms with Crippen molar-refractivity contribution < 1.29 is 14.3 Å². The number of thiophene rings is 1. The van der Waals surface area contributed by atoms with Crippen LogP contribution in [0, 0.1) is 0 Å². The highest BCUT2D eigenvalue weighted by Gasteiger charge is 2.26. The highest BCUT2D eigenvalue weighted by atomic mass is 32.1. The molecule has 2 aromatic rings. The van der Waals surface area contributed by atoms with E-state index in [0.717, 1.165) is 35.5 Å². The zero-order valence-electron chi connectivity index (χ0n) is 11.6. The number of aldehydes is 1. The molecule has 0 bridgehead atoms. The molecular weight excluding hydrogens is 288 g/mol. The van der Waals surface area contributed by atoms with Gasteiger partial charge in [0.1, 0.15) is 23.8 Å². The van der Waals surface area contributed by atoms with Crippen molar-refractivity contribution >= 4 is 17.6 Å². The molecule has 1 aliphatic heterocycles. The maximum absolute atomic E-state index is 11.4. The van der Waals surface area contributed by atoms with Gasteiger partial charge in [-0.2, -0.15) is 5.10 Å². The van der Waals surface area contributed by atoms with Gasteiger partial charge in [0.25, 0.3) is 0 Å². The molecule has 0 saturated heterocycles. The van der Waals surface area contributed by atoms with Gasteiger partial charge in [0, 0.05) is 11.6 Å². The SMILES string of the molecule is O=Cc1cn(C2CCCC2)nc1-c1scc2c1OCCO2. The predicted molar refractivity (Wildman–Crippen MR) is 79.4 cm³/mol. The summed E-state index contributed by atoms with van der Waals surface area (Å²) in [5.41, 5.74) is 1.34. The van der Waals surface area contributed by atoms with Crippen LogP contribution in [0.4, 0.5) is 0 Å². The summed E-state index contributed by atoms with van der Waals surface area (Å²) in [5, 5.41) is 6.60. The molecule has 3 heterocycles. The molecule has 2 aliphatic rings. The Labute approximate surface area is 126 Å². The van der Waals surface area contributed by atoms with Crippen LogP contribution in [0.3, 0.4) is 0 Å². The van der Waals surface area contributed by atoms with E-state index < -0.39 is 0 Å². The molecule has 0 spiro atoms. The van der Waals surface area contributed by atoms with Crippen molar-refractivity contribution in [3.8, 4) is 22.1 Å². The first-order chi connectivity index (χ1) is 10.4. The third kappa shape index (κ3) is 2.14. The summed E-state index contributed by atoms with van der Waals surface area (Å²) >= 11 is 1.52. The van der Waals surface area contributed by atoms with Gasteiger partial charge in [-0.05, 0) is 12.8 Å². The Balaban J connectivity index is 1.77. The summed E-state index contributed by atoms with van der Waals surface area (Å²) in [4.78, 5) is 12.3. The first kappa shape index (κ1) is 12.9. The Morgan fingerprint density at radius 2 is 2.10 bits per heavy atom. The fraction of sp³-hybridized carbons (Fsp3) is 0.467. The van der Waals surface area contributed by atoms with E-state index in [1.54, 1.807) is 0 Å². The fourth-order valence-corrected chi connectivity index (χ4v) is 3.99. The molecule has 1 fully saturated rings. The van der Waals surface area contributed by atoms with E-state index >= 15 is 0 Å². The molecule has 2 aromatic heterocycles. The van der Waals surface area contributed by atoms with Crippen LogP contribution in [0.1, 0.15) is 42.1 Å². The Kier molecular flexibility index (Phi) is 3.18. The maximum atomic E-state index is 11.4. The lowest BCUT2D eigenvalue weighted by atomic mass is 10.2. The number of fused-ring (bicyclic) bond motifs is 1. The van der Waals surface area contributed by atoms with E-state index in [1.165, 1.54) is 24.2 Å². The quantitative estimate of drug-likeness (QED) is 0.816. The molecule has 1 aliphatic carbocycles. The molecule has 0 N–H and O–H groups in total. The van der Waals surface area contributed by atoms with E-state index in [1.807, 2.05) is 16.3 Å². The van der Waals surface area contributed by atoms with Crippen LogP contribution in [-0.4, -0.2) is 29.3 Å². The van der Waals surface area contributed by atoms with Gasteiger partial charge >= 0.3 is 0 Å². The number of hydrogen-bond donors (Lipinski definition) is 0. The lowest BCUT2D eigenvalue weighted by Gasteiger charge is -2.15. The first-order valence-corrected chi connectivity index (χ1v) is 8.16. The van der Waals surface area contributed by atoms with Gasteiger partial charge in [0.2, 0.25) is 0 Å². The standard InChI is InChI=1S/C15H16N2O3S/c18-8-10-7-17(11-3-1-2-4-11)16-13(10)15-14-12(9-21-15)19-5-6-20-14/h7-9,11H,1-6H2. The van der Waals surface area contributed by atoms with Gasteiger partial charge in [-0.3, -0.25) is 9.48 Å². The van der Waals surface area contributed by atoms with Crippen molar-refractivity contribution in [1.29, 1.82) is 0 Å². The Morgan fingerprint density at radius 1 is 1.29 bits per heavy atom. The van der Waals surface area contributed by atoms with Gasteiger partial charge in [0.05, 0.1) is 11.6 Å². The molecule has 4 rings (SSSR count). The van der Waals surface area contributed by atoms with Crippen LogP contribution in [0.15, 0.2) is 11.6 Å². The number of hydrogen-bond acceptors (Lipinski definition) is 5. The average Bonchev–Trinajstić information content (AvgIpc) is 3.24. The van der Waals surface area contributed by atoms with E-state index in [4.69, 9.17) is 9.47 Å². The largest absolute Gasteiger partial charge is 0.485 e. The number of rotatable bonds is 3. The van der Waals surface area contributed by atoms with E-state index in [0.29, 0.717) is 30.5 Å². The Morgan fingerprint density at radius 3 is 2.90 bits per heavy atom. The summed E-state index contributed by atoms with van der Waals surface area (Å²) in [5.74, 6) is 1.49. The van der Waals surface area contributed by atoms with Crippen molar-refractivity contribution in [2.75, 3.05) is 13.2 Å². The maximum Gasteiger partial charge on any atom is 0.181 e. The monoisotopic (exact) mass is 304 g/mol. The van der Waals surface area contributed by atoms with Crippen molar-refractivity contribution in [2.24, 2.45) is 0 Å². The summed E-state index contributed by atoms with van der Waals surface area (Å²) in [6.07, 6.45) is 7.50. The summed E-state index contributed by atoms with van der Waals surface area (Å²) < 4.78 is 13.2. The number of aromatic nitrogens is 2. The van der Waals surface area contributed by atoms with Crippen LogP contribution >= 0.6 is 11.3 Å². The average molecular weight is 304 g/mol. The smallest absolute Gasteiger partial charge is 0.181 e. The summed E-state index contributed by atoms with van der Waals surface area (Å²) in [6, 6.07) is 0.422. The Hall–Kier alpha value is -1.82. The molecule has 0 aromatic carbocycles. The molecule has 21 heavy (non-hydrogen) atoms. The van der Waals surface area contributed by atoms with Gasteiger partial charge in [-0.1, -0.05) is 12.8 Å². The molecule has 110 valence electrons. The molecule has 0 amide bonds. The molecule has 1 saturated carbocycles. The number of carbonyl (C=O) groups excluding carboxylic acids is 1. The van der Waals surface area contributed by atoms with Crippen LogP contribution in [0.25, 0.3) is 10.6 Å². The molecular formula is C15H16N2O3S. The summed E-state index contributed by atoms with van der Waals surface area (Å²) in [6.45, 7) is 1.11. The zero-order valence-corrected chi connectivity index (χ0v) is 12.4. The number of ether oxygens (including phenoxy) is 2. The minimum absolute atomic E-state index is 0.422. The lowest BCUT2D eigenvalue weighted by Crippen LogP contribution is -2.14. The van der Waals surface area contributed by atoms with E-state index in [2.05, 4.69) is 5.10 Å². The van der Waals surface area contributed by atoms with E-state index in [9.17, 15) is 4.79 Å². The van der Waals surface area contributed by atoms with Gasteiger partial charge in [0.15, 0.2) is 17.8 Å². The number of nitrogens with zero attached hydrogens (tertiary/aromatic N) is 2. The third-order valence-electron chi connectivity index (χ3n) is 4.10. The second kappa shape index (κ2) is 5.18. The molecule has 6 heteroatoms.